The first-order valence-corrected chi connectivity index (χ1v) is 10.2. The maximum Gasteiger partial charge on any atom is 0.182 e. The zero-order valence-corrected chi connectivity index (χ0v) is 16.8. The number of aryl methyl sites for hydroxylation is 3. The molecule has 0 amide bonds. The van der Waals surface area contributed by atoms with Crippen molar-refractivity contribution in [3.8, 4) is 11.1 Å². The zero-order valence-electron chi connectivity index (χ0n) is 16.8. The molecule has 29 heavy (non-hydrogen) atoms. The molecule has 1 aliphatic rings. The first kappa shape index (κ1) is 17.9. The molecule has 0 radical (unpaired) electrons. The van der Waals surface area contributed by atoms with E-state index in [0.29, 0.717) is 22.3 Å². The molecule has 0 spiro atoms. The Bertz CT molecular complexity index is 1190. The Balaban J connectivity index is 1.67. The van der Waals surface area contributed by atoms with Gasteiger partial charge in [-0.3, -0.25) is 9.59 Å². The van der Waals surface area contributed by atoms with Gasteiger partial charge in [0.15, 0.2) is 11.6 Å². The topological polar surface area (TPSA) is 47.3 Å². The van der Waals surface area contributed by atoms with E-state index in [-0.39, 0.29) is 11.6 Å². The second-order valence-corrected chi connectivity index (χ2v) is 7.86. The molecule has 0 saturated heterocycles. The van der Waals surface area contributed by atoms with E-state index in [0.717, 1.165) is 40.7 Å². The van der Waals surface area contributed by atoms with Crippen LogP contribution in [0.15, 0.2) is 52.9 Å². The summed E-state index contributed by atoms with van der Waals surface area (Å²) in [7, 11) is 0. The molecule has 4 aromatic rings. The maximum atomic E-state index is 13.3. The highest BCUT2D eigenvalue weighted by atomic mass is 16.3. The van der Waals surface area contributed by atoms with Crippen molar-refractivity contribution in [1.82, 2.24) is 0 Å². The van der Waals surface area contributed by atoms with Gasteiger partial charge >= 0.3 is 0 Å². The van der Waals surface area contributed by atoms with Crippen molar-refractivity contribution in [2.75, 3.05) is 0 Å². The SMILES string of the molecule is CCc1cc(-c2ccc(C)cc2)cc(CC)c1C1C(=O)c2c(c3ccc2o3)C1=O. The monoisotopic (exact) mass is 382 g/mol. The molecule has 3 nitrogen and oxygen atoms in total. The predicted molar refractivity (Wildman–Crippen MR) is 114 cm³/mol. The number of benzene rings is 3. The number of rotatable bonds is 4. The van der Waals surface area contributed by atoms with Crippen LogP contribution in [-0.4, -0.2) is 11.6 Å². The highest BCUT2D eigenvalue weighted by molar-refractivity contribution is 6.35. The molecule has 5 rings (SSSR count). The third kappa shape index (κ3) is 2.50. The average Bonchev–Trinajstić information content (AvgIpc) is 3.41. The van der Waals surface area contributed by atoms with Gasteiger partial charge in [0.25, 0.3) is 0 Å². The van der Waals surface area contributed by atoms with Gasteiger partial charge in [0.05, 0.1) is 11.1 Å². The minimum atomic E-state index is -0.745. The van der Waals surface area contributed by atoms with Crippen LogP contribution in [-0.2, 0) is 12.8 Å². The highest BCUT2D eigenvalue weighted by Gasteiger charge is 2.45. The lowest BCUT2D eigenvalue weighted by Gasteiger charge is -2.20. The number of carbonyl (C=O) groups excluding carboxylic acids is 2. The summed E-state index contributed by atoms with van der Waals surface area (Å²) >= 11 is 0. The van der Waals surface area contributed by atoms with Gasteiger partial charge < -0.3 is 4.42 Å². The van der Waals surface area contributed by atoms with Crippen LogP contribution in [0.4, 0.5) is 0 Å². The lowest BCUT2D eigenvalue weighted by molar-refractivity contribution is 0.0889. The summed E-state index contributed by atoms with van der Waals surface area (Å²) in [5, 5.41) is 0. The Labute approximate surface area is 169 Å². The lowest BCUT2D eigenvalue weighted by atomic mass is 9.82. The lowest BCUT2D eigenvalue weighted by Crippen LogP contribution is -2.17. The molecule has 2 bridgehead atoms. The third-order valence-corrected chi connectivity index (χ3v) is 6.15. The van der Waals surface area contributed by atoms with E-state index < -0.39 is 5.92 Å². The van der Waals surface area contributed by atoms with Gasteiger partial charge in [-0.15, -0.1) is 0 Å². The first-order valence-electron chi connectivity index (χ1n) is 10.2. The summed E-state index contributed by atoms with van der Waals surface area (Å²) in [6.07, 6.45) is 1.54. The smallest absolute Gasteiger partial charge is 0.182 e. The Morgan fingerprint density at radius 3 is 1.76 bits per heavy atom. The zero-order chi connectivity index (χ0) is 20.3. The molecule has 3 heteroatoms. The van der Waals surface area contributed by atoms with Crippen LogP contribution >= 0.6 is 0 Å². The summed E-state index contributed by atoms with van der Waals surface area (Å²) in [5.74, 6) is -0.982. The molecule has 0 saturated carbocycles. The van der Waals surface area contributed by atoms with E-state index >= 15 is 0 Å². The summed E-state index contributed by atoms with van der Waals surface area (Å²) in [6, 6.07) is 16.3. The number of ketones is 2. The number of furan rings is 2. The largest absolute Gasteiger partial charge is 0.456 e. The van der Waals surface area contributed by atoms with E-state index in [4.69, 9.17) is 4.42 Å². The summed E-state index contributed by atoms with van der Waals surface area (Å²) < 4.78 is 5.57. The first-order chi connectivity index (χ1) is 14.0. The fourth-order valence-electron chi connectivity index (χ4n) is 4.66. The molecule has 0 unspecified atom stereocenters. The number of hydrogen-bond donors (Lipinski definition) is 0. The van der Waals surface area contributed by atoms with Crippen molar-refractivity contribution in [1.29, 1.82) is 0 Å². The normalized spacial score (nSPS) is 14.3. The van der Waals surface area contributed by atoms with Crippen molar-refractivity contribution in [2.45, 2.75) is 39.5 Å². The highest BCUT2D eigenvalue weighted by Crippen LogP contribution is 2.44. The van der Waals surface area contributed by atoms with Crippen LogP contribution in [0.2, 0.25) is 0 Å². The molecule has 144 valence electrons. The predicted octanol–water partition coefficient (Wildman–Crippen LogP) is 6.13. The summed E-state index contributed by atoms with van der Waals surface area (Å²) in [6.45, 7) is 6.24. The van der Waals surface area contributed by atoms with Crippen molar-refractivity contribution >= 4 is 22.7 Å². The van der Waals surface area contributed by atoms with Crippen molar-refractivity contribution in [3.05, 3.63) is 81.9 Å². The standard InChI is InChI=1S/C26H22O3/c1-4-15-12-18(17-8-6-14(3)7-9-17)13-16(5-2)21(15)24-25(27)22-19-10-11-20(29-19)23(22)26(24)28/h6-13,24H,4-5H2,1-3H3. The van der Waals surface area contributed by atoms with Gasteiger partial charge in [-0.25, -0.2) is 0 Å². The van der Waals surface area contributed by atoms with Crippen LogP contribution in [0.3, 0.4) is 0 Å². The molecule has 0 fully saturated rings. The van der Waals surface area contributed by atoms with Gasteiger partial charge in [-0.2, -0.15) is 0 Å². The van der Waals surface area contributed by atoms with Crippen LogP contribution < -0.4 is 0 Å². The van der Waals surface area contributed by atoms with Gasteiger partial charge in [0, 0.05) is 0 Å². The Kier molecular flexibility index (Phi) is 3.95. The fourth-order valence-corrected chi connectivity index (χ4v) is 4.66. The van der Waals surface area contributed by atoms with Crippen LogP contribution in [0, 0.1) is 6.92 Å². The van der Waals surface area contributed by atoms with E-state index in [2.05, 4.69) is 57.2 Å². The van der Waals surface area contributed by atoms with Crippen molar-refractivity contribution < 1.29 is 14.0 Å². The van der Waals surface area contributed by atoms with Crippen LogP contribution in [0.25, 0.3) is 22.3 Å². The quantitative estimate of drug-likeness (QED) is 0.399. The Hall–Kier alpha value is -3.20. The third-order valence-electron chi connectivity index (χ3n) is 6.15. The van der Waals surface area contributed by atoms with E-state index in [1.165, 1.54) is 5.56 Å². The molecule has 0 atom stereocenters. The minimum absolute atomic E-state index is 0.119. The molecule has 0 N–H and O–H groups in total. The molecule has 0 aliphatic heterocycles. The Morgan fingerprint density at radius 2 is 1.28 bits per heavy atom. The van der Waals surface area contributed by atoms with Gasteiger partial charge in [-0.05, 0) is 59.7 Å². The molecular weight excluding hydrogens is 360 g/mol. The van der Waals surface area contributed by atoms with E-state index in [1.807, 2.05) is 0 Å². The van der Waals surface area contributed by atoms with E-state index in [9.17, 15) is 9.59 Å². The fraction of sp³-hybridized carbons (Fsp3) is 0.231. The van der Waals surface area contributed by atoms with Gasteiger partial charge in [0.2, 0.25) is 0 Å². The average molecular weight is 382 g/mol. The van der Waals surface area contributed by atoms with Crippen molar-refractivity contribution in [2.24, 2.45) is 0 Å². The summed E-state index contributed by atoms with van der Waals surface area (Å²) in [4.78, 5) is 26.6. The van der Waals surface area contributed by atoms with Crippen LogP contribution in [0.1, 0.15) is 62.7 Å². The molecule has 1 aliphatic carbocycles. The number of fused-ring (bicyclic) bond motifs is 5. The van der Waals surface area contributed by atoms with Crippen molar-refractivity contribution in [3.63, 3.8) is 0 Å². The maximum absolute atomic E-state index is 13.3. The molecule has 2 aromatic heterocycles. The molecule has 2 aromatic carbocycles. The second-order valence-electron chi connectivity index (χ2n) is 7.86. The molecule has 2 heterocycles. The number of carbonyl (C=O) groups is 2. The van der Waals surface area contributed by atoms with E-state index in [1.54, 1.807) is 12.1 Å². The van der Waals surface area contributed by atoms with Crippen LogP contribution in [0.5, 0.6) is 0 Å². The van der Waals surface area contributed by atoms with Gasteiger partial charge in [-0.1, -0.05) is 55.8 Å². The number of Topliss-reactive ketones (excluding diaryl/α,β-unsaturated/α-hetero) is 2. The molecular formula is C26H22O3. The Morgan fingerprint density at radius 1 is 0.759 bits per heavy atom. The minimum Gasteiger partial charge on any atom is -0.456 e. The second kappa shape index (κ2) is 6.41. The van der Waals surface area contributed by atoms with Gasteiger partial charge in [0.1, 0.15) is 17.1 Å². The summed E-state index contributed by atoms with van der Waals surface area (Å²) in [5.41, 5.74) is 8.57. The number of hydrogen-bond acceptors (Lipinski definition) is 3.